The van der Waals surface area contributed by atoms with E-state index >= 15 is 0 Å². The first kappa shape index (κ1) is 11.5. The van der Waals surface area contributed by atoms with Crippen LogP contribution >= 0.6 is 11.8 Å². The van der Waals surface area contributed by atoms with Gasteiger partial charge in [-0.1, -0.05) is 0 Å². The maximum atomic E-state index is 10.6. The van der Waals surface area contributed by atoms with Crippen LogP contribution in [-0.2, 0) is 6.54 Å². The minimum absolute atomic E-state index is 0.0178. The summed E-state index contributed by atoms with van der Waals surface area (Å²) in [5.41, 5.74) is 0. The molecule has 0 radical (unpaired) electrons. The Kier molecular flexibility index (Phi) is 3.56. The molecule has 1 atom stereocenters. The monoisotopic (exact) mass is 241 g/mol. The topological polar surface area (TPSA) is 53.7 Å². The second-order valence-electron chi connectivity index (χ2n) is 4.00. The molecule has 88 valence electrons. The lowest BCUT2D eigenvalue weighted by Gasteiger charge is -2.21. The number of aromatic carboxylic acids is 1. The van der Waals surface area contributed by atoms with Gasteiger partial charge in [0.15, 0.2) is 0 Å². The Bertz CT molecular complexity index is 371. The van der Waals surface area contributed by atoms with E-state index in [1.54, 1.807) is 6.07 Å². The second-order valence-corrected chi connectivity index (χ2v) is 5.15. The van der Waals surface area contributed by atoms with Gasteiger partial charge in [0, 0.05) is 11.8 Å². The summed E-state index contributed by atoms with van der Waals surface area (Å²) in [7, 11) is 2.06. The molecule has 1 aromatic rings. The van der Waals surface area contributed by atoms with Crippen molar-refractivity contribution in [3.63, 3.8) is 0 Å². The molecule has 5 heteroatoms. The molecule has 1 unspecified atom stereocenters. The van der Waals surface area contributed by atoms with E-state index in [4.69, 9.17) is 9.52 Å². The molecule has 2 rings (SSSR count). The fourth-order valence-electron chi connectivity index (χ4n) is 1.82. The van der Waals surface area contributed by atoms with Crippen LogP contribution in [0.5, 0.6) is 0 Å². The van der Waals surface area contributed by atoms with Gasteiger partial charge in [0.1, 0.15) is 5.76 Å². The molecule has 0 bridgehead atoms. The summed E-state index contributed by atoms with van der Waals surface area (Å²) in [6.07, 6.45) is 1.20. The van der Waals surface area contributed by atoms with Crippen LogP contribution in [0.3, 0.4) is 0 Å². The van der Waals surface area contributed by atoms with Gasteiger partial charge in [-0.25, -0.2) is 4.79 Å². The molecule has 4 nitrogen and oxygen atoms in total. The third-order valence-electron chi connectivity index (χ3n) is 2.81. The Labute approximate surface area is 98.6 Å². The van der Waals surface area contributed by atoms with Gasteiger partial charge >= 0.3 is 5.97 Å². The number of nitrogens with zero attached hydrogens (tertiary/aromatic N) is 1. The van der Waals surface area contributed by atoms with Crippen molar-refractivity contribution in [2.75, 3.05) is 18.6 Å². The molecule has 1 aliphatic rings. The van der Waals surface area contributed by atoms with E-state index < -0.39 is 5.97 Å². The molecule has 0 spiro atoms. The Morgan fingerprint density at radius 1 is 1.69 bits per heavy atom. The lowest BCUT2D eigenvalue weighted by Crippen LogP contribution is -2.30. The summed E-state index contributed by atoms with van der Waals surface area (Å²) in [5.74, 6) is 2.10. The summed E-state index contributed by atoms with van der Waals surface area (Å²) in [5, 5.41) is 8.73. The van der Waals surface area contributed by atoms with E-state index in [0.29, 0.717) is 12.6 Å². The Morgan fingerprint density at radius 2 is 2.50 bits per heavy atom. The number of furan rings is 1. The largest absolute Gasteiger partial charge is 0.475 e. The summed E-state index contributed by atoms with van der Waals surface area (Å²) in [4.78, 5) is 12.9. The van der Waals surface area contributed by atoms with Crippen LogP contribution in [0.4, 0.5) is 0 Å². The molecule has 1 fully saturated rings. The van der Waals surface area contributed by atoms with Gasteiger partial charge < -0.3 is 9.52 Å². The fraction of sp³-hybridized carbons (Fsp3) is 0.545. The molecular weight excluding hydrogens is 226 g/mol. The molecule has 0 amide bonds. The fourth-order valence-corrected chi connectivity index (χ4v) is 3.12. The van der Waals surface area contributed by atoms with Crippen LogP contribution in [-0.4, -0.2) is 40.6 Å². The summed E-state index contributed by atoms with van der Waals surface area (Å²) >= 11 is 1.96. The zero-order valence-corrected chi connectivity index (χ0v) is 10.00. The van der Waals surface area contributed by atoms with Gasteiger partial charge in [0.05, 0.1) is 6.54 Å². The van der Waals surface area contributed by atoms with E-state index in [1.807, 2.05) is 11.8 Å². The van der Waals surface area contributed by atoms with E-state index in [-0.39, 0.29) is 5.76 Å². The molecule has 1 N–H and O–H groups in total. The third kappa shape index (κ3) is 2.59. The van der Waals surface area contributed by atoms with Crippen LogP contribution < -0.4 is 0 Å². The number of carboxylic acid groups (broad SMARTS) is 1. The van der Waals surface area contributed by atoms with Gasteiger partial charge in [0.25, 0.3) is 0 Å². The number of thioether (sulfide) groups is 1. The average Bonchev–Trinajstić information content (AvgIpc) is 2.87. The van der Waals surface area contributed by atoms with Gasteiger partial charge in [-0.15, -0.1) is 0 Å². The molecule has 0 saturated carbocycles. The molecule has 1 saturated heterocycles. The van der Waals surface area contributed by atoms with Crippen molar-refractivity contribution in [1.82, 2.24) is 4.90 Å². The molecule has 0 aliphatic carbocycles. The molecule has 16 heavy (non-hydrogen) atoms. The van der Waals surface area contributed by atoms with Crippen molar-refractivity contribution >= 4 is 17.7 Å². The normalized spacial score (nSPS) is 20.5. The van der Waals surface area contributed by atoms with Crippen LogP contribution in [0.2, 0.25) is 0 Å². The van der Waals surface area contributed by atoms with Gasteiger partial charge in [-0.05, 0) is 31.4 Å². The first-order valence-corrected chi connectivity index (χ1v) is 6.42. The van der Waals surface area contributed by atoms with E-state index in [0.717, 1.165) is 11.5 Å². The lowest BCUT2D eigenvalue weighted by atomic mass is 10.2. The minimum atomic E-state index is -1.01. The number of hydrogen-bond donors (Lipinski definition) is 1. The van der Waals surface area contributed by atoms with Crippen LogP contribution in [0.1, 0.15) is 22.7 Å². The number of hydrogen-bond acceptors (Lipinski definition) is 4. The Balaban J connectivity index is 1.94. The summed E-state index contributed by atoms with van der Waals surface area (Å²) < 4.78 is 5.23. The highest BCUT2D eigenvalue weighted by Crippen LogP contribution is 2.22. The molecule has 2 heterocycles. The molecule has 1 aromatic heterocycles. The van der Waals surface area contributed by atoms with E-state index in [2.05, 4.69) is 11.9 Å². The second kappa shape index (κ2) is 4.93. The van der Waals surface area contributed by atoms with Crippen molar-refractivity contribution < 1.29 is 14.3 Å². The maximum Gasteiger partial charge on any atom is 0.371 e. The molecule has 0 aromatic carbocycles. The Hall–Kier alpha value is -0.940. The maximum absolute atomic E-state index is 10.6. The number of rotatable bonds is 4. The van der Waals surface area contributed by atoms with Crippen molar-refractivity contribution in [3.8, 4) is 0 Å². The van der Waals surface area contributed by atoms with Gasteiger partial charge in [-0.2, -0.15) is 11.8 Å². The van der Waals surface area contributed by atoms with Gasteiger partial charge in [-0.3, -0.25) is 4.90 Å². The highest BCUT2D eigenvalue weighted by atomic mass is 32.2. The predicted molar refractivity (Wildman–Crippen MR) is 62.9 cm³/mol. The SMILES string of the molecule is CN(Cc1ccc(C(=O)O)o1)C1CCSC1. The number of carboxylic acids is 1. The van der Waals surface area contributed by atoms with Gasteiger partial charge in [0.2, 0.25) is 5.76 Å². The van der Waals surface area contributed by atoms with Crippen LogP contribution in [0, 0.1) is 0 Å². The van der Waals surface area contributed by atoms with Crippen molar-refractivity contribution in [3.05, 3.63) is 23.7 Å². The zero-order valence-electron chi connectivity index (χ0n) is 9.18. The van der Waals surface area contributed by atoms with E-state index in [9.17, 15) is 4.79 Å². The van der Waals surface area contributed by atoms with E-state index in [1.165, 1.54) is 18.2 Å². The summed E-state index contributed by atoms with van der Waals surface area (Å²) in [6.45, 7) is 0.679. The number of carbonyl (C=O) groups is 1. The van der Waals surface area contributed by atoms with Crippen LogP contribution in [0.25, 0.3) is 0 Å². The first-order chi connectivity index (χ1) is 7.66. The average molecular weight is 241 g/mol. The Morgan fingerprint density at radius 3 is 3.06 bits per heavy atom. The zero-order chi connectivity index (χ0) is 11.5. The minimum Gasteiger partial charge on any atom is -0.475 e. The van der Waals surface area contributed by atoms with Crippen LogP contribution in [0.15, 0.2) is 16.5 Å². The third-order valence-corrected chi connectivity index (χ3v) is 3.95. The smallest absolute Gasteiger partial charge is 0.371 e. The molecular formula is C11H15NO3S. The highest BCUT2D eigenvalue weighted by Gasteiger charge is 2.21. The summed E-state index contributed by atoms with van der Waals surface area (Å²) in [6, 6.07) is 3.83. The first-order valence-electron chi connectivity index (χ1n) is 5.27. The van der Waals surface area contributed by atoms with Crippen molar-refractivity contribution in [2.24, 2.45) is 0 Å². The quantitative estimate of drug-likeness (QED) is 0.872. The predicted octanol–water partition coefficient (Wildman–Crippen LogP) is 1.92. The highest BCUT2D eigenvalue weighted by molar-refractivity contribution is 7.99. The van der Waals surface area contributed by atoms with Crippen molar-refractivity contribution in [2.45, 2.75) is 19.0 Å². The standard InChI is InChI=1S/C11H15NO3S/c1-12(8-4-5-16-7-8)6-9-2-3-10(15-9)11(13)14/h2-3,8H,4-7H2,1H3,(H,13,14). The van der Waals surface area contributed by atoms with Crippen molar-refractivity contribution in [1.29, 1.82) is 0 Å². The molecule has 1 aliphatic heterocycles. The lowest BCUT2D eigenvalue weighted by molar-refractivity contribution is 0.0658.